The lowest BCUT2D eigenvalue weighted by atomic mass is 10.2. The van der Waals surface area contributed by atoms with Gasteiger partial charge in [0.25, 0.3) is 5.91 Å². The predicted molar refractivity (Wildman–Crippen MR) is 65.7 cm³/mol. The SMILES string of the molecule is Cc1cc(CNc2ncc(N)cc2C(N)=O)no1. The van der Waals surface area contributed by atoms with E-state index in [1.807, 2.05) is 0 Å². The number of hydrogen-bond acceptors (Lipinski definition) is 6. The molecule has 5 N–H and O–H groups in total. The molecule has 0 saturated carbocycles. The minimum Gasteiger partial charge on any atom is -0.397 e. The van der Waals surface area contributed by atoms with Gasteiger partial charge in [-0.1, -0.05) is 5.16 Å². The van der Waals surface area contributed by atoms with Gasteiger partial charge in [0.15, 0.2) is 0 Å². The van der Waals surface area contributed by atoms with Crippen LogP contribution in [0.25, 0.3) is 0 Å². The Kier molecular flexibility index (Phi) is 3.13. The Morgan fingerprint density at radius 1 is 1.50 bits per heavy atom. The van der Waals surface area contributed by atoms with E-state index in [4.69, 9.17) is 16.0 Å². The van der Waals surface area contributed by atoms with E-state index in [1.54, 1.807) is 13.0 Å². The Balaban J connectivity index is 2.16. The van der Waals surface area contributed by atoms with Crippen LogP contribution >= 0.6 is 0 Å². The quantitative estimate of drug-likeness (QED) is 0.730. The van der Waals surface area contributed by atoms with E-state index in [2.05, 4.69) is 15.5 Å². The molecule has 0 fully saturated rings. The number of aromatic nitrogens is 2. The zero-order valence-corrected chi connectivity index (χ0v) is 9.80. The Labute approximate surface area is 103 Å². The van der Waals surface area contributed by atoms with E-state index >= 15 is 0 Å². The van der Waals surface area contributed by atoms with Crippen LogP contribution in [0, 0.1) is 6.92 Å². The van der Waals surface area contributed by atoms with E-state index in [0.717, 1.165) is 0 Å². The lowest BCUT2D eigenvalue weighted by molar-refractivity contribution is 0.100. The minimum atomic E-state index is -0.589. The monoisotopic (exact) mass is 247 g/mol. The Hall–Kier alpha value is -2.57. The summed E-state index contributed by atoms with van der Waals surface area (Å²) in [6.45, 7) is 2.18. The predicted octanol–water partition coefficient (Wildman–Crippen LogP) is 0.671. The summed E-state index contributed by atoms with van der Waals surface area (Å²) in [7, 11) is 0. The number of nitrogens with one attached hydrogen (secondary N) is 1. The Morgan fingerprint density at radius 3 is 2.89 bits per heavy atom. The smallest absolute Gasteiger partial charge is 0.252 e. The minimum absolute atomic E-state index is 0.246. The van der Waals surface area contributed by atoms with Gasteiger partial charge in [0.2, 0.25) is 0 Å². The van der Waals surface area contributed by atoms with Crippen molar-refractivity contribution in [2.45, 2.75) is 13.5 Å². The Bertz CT molecular complexity index is 579. The normalized spacial score (nSPS) is 10.3. The Morgan fingerprint density at radius 2 is 2.28 bits per heavy atom. The van der Waals surface area contributed by atoms with Crippen molar-refractivity contribution in [1.82, 2.24) is 10.1 Å². The van der Waals surface area contributed by atoms with Gasteiger partial charge in [-0.2, -0.15) is 0 Å². The van der Waals surface area contributed by atoms with Crippen molar-refractivity contribution in [3.8, 4) is 0 Å². The molecule has 0 aromatic carbocycles. The van der Waals surface area contributed by atoms with Gasteiger partial charge in [-0.15, -0.1) is 0 Å². The standard InChI is InChI=1S/C11H13N5O2/c1-6-2-8(16-18-6)5-15-11-9(10(13)17)3-7(12)4-14-11/h2-4H,5,12H2,1H3,(H2,13,17)(H,14,15). The van der Waals surface area contributed by atoms with Crippen LogP contribution in [-0.4, -0.2) is 16.0 Å². The topological polar surface area (TPSA) is 120 Å². The van der Waals surface area contributed by atoms with Crippen molar-refractivity contribution in [3.63, 3.8) is 0 Å². The number of primary amides is 1. The van der Waals surface area contributed by atoms with Crippen LogP contribution in [0.2, 0.25) is 0 Å². The van der Waals surface area contributed by atoms with Gasteiger partial charge in [-0.25, -0.2) is 4.98 Å². The molecule has 0 radical (unpaired) electrons. The molecular formula is C11H13N5O2. The second-order valence-electron chi connectivity index (χ2n) is 3.81. The largest absolute Gasteiger partial charge is 0.397 e. The van der Waals surface area contributed by atoms with E-state index in [-0.39, 0.29) is 5.56 Å². The third kappa shape index (κ3) is 2.57. The van der Waals surface area contributed by atoms with Crippen LogP contribution in [0.3, 0.4) is 0 Å². The third-order valence-corrected chi connectivity index (χ3v) is 2.29. The first kappa shape index (κ1) is 11.9. The molecular weight excluding hydrogens is 234 g/mol. The molecule has 0 aliphatic carbocycles. The fraction of sp³-hybridized carbons (Fsp3) is 0.182. The highest BCUT2D eigenvalue weighted by atomic mass is 16.5. The third-order valence-electron chi connectivity index (χ3n) is 2.29. The van der Waals surface area contributed by atoms with Crippen molar-refractivity contribution >= 4 is 17.4 Å². The molecule has 0 atom stereocenters. The number of rotatable bonds is 4. The van der Waals surface area contributed by atoms with Crippen LogP contribution in [0.4, 0.5) is 11.5 Å². The summed E-state index contributed by atoms with van der Waals surface area (Å²) in [5, 5.41) is 6.78. The second kappa shape index (κ2) is 4.74. The number of nitrogen functional groups attached to an aromatic ring is 1. The molecule has 18 heavy (non-hydrogen) atoms. The molecule has 7 heteroatoms. The van der Waals surface area contributed by atoms with Gasteiger partial charge in [-0.05, 0) is 13.0 Å². The van der Waals surface area contributed by atoms with Gasteiger partial charge in [0.05, 0.1) is 24.0 Å². The number of hydrogen-bond donors (Lipinski definition) is 3. The highest BCUT2D eigenvalue weighted by molar-refractivity contribution is 5.98. The molecule has 2 aromatic rings. The summed E-state index contributed by atoms with van der Waals surface area (Å²) in [5.74, 6) is 0.498. The average molecular weight is 247 g/mol. The van der Waals surface area contributed by atoms with E-state index in [0.29, 0.717) is 29.5 Å². The molecule has 0 spiro atoms. The van der Waals surface area contributed by atoms with Crippen molar-refractivity contribution in [2.24, 2.45) is 5.73 Å². The van der Waals surface area contributed by atoms with Gasteiger partial charge in [0, 0.05) is 6.07 Å². The van der Waals surface area contributed by atoms with Crippen molar-refractivity contribution in [3.05, 3.63) is 35.3 Å². The van der Waals surface area contributed by atoms with Crippen molar-refractivity contribution in [2.75, 3.05) is 11.1 Å². The maximum atomic E-state index is 11.2. The highest BCUT2D eigenvalue weighted by Gasteiger charge is 2.10. The van der Waals surface area contributed by atoms with E-state index < -0.39 is 5.91 Å². The molecule has 2 heterocycles. The fourth-order valence-electron chi connectivity index (χ4n) is 1.49. The highest BCUT2D eigenvalue weighted by Crippen LogP contribution is 2.15. The number of anilines is 2. The van der Waals surface area contributed by atoms with E-state index in [9.17, 15) is 4.79 Å². The molecule has 2 aromatic heterocycles. The lowest BCUT2D eigenvalue weighted by Gasteiger charge is -2.07. The molecule has 94 valence electrons. The molecule has 0 unspecified atom stereocenters. The molecule has 1 amide bonds. The molecule has 0 saturated heterocycles. The first-order valence-electron chi connectivity index (χ1n) is 5.27. The van der Waals surface area contributed by atoms with Gasteiger partial charge in [-0.3, -0.25) is 4.79 Å². The molecule has 0 bridgehead atoms. The maximum absolute atomic E-state index is 11.2. The number of pyridine rings is 1. The van der Waals surface area contributed by atoms with Crippen LogP contribution < -0.4 is 16.8 Å². The number of carbonyl (C=O) groups is 1. The summed E-state index contributed by atoms with van der Waals surface area (Å²) in [6.07, 6.45) is 1.45. The molecule has 7 nitrogen and oxygen atoms in total. The van der Waals surface area contributed by atoms with E-state index in [1.165, 1.54) is 12.3 Å². The van der Waals surface area contributed by atoms with Crippen LogP contribution in [-0.2, 0) is 6.54 Å². The number of nitrogens with zero attached hydrogens (tertiary/aromatic N) is 2. The zero-order chi connectivity index (χ0) is 13.1. The summed E-state index contributed by atoms with van der Waals surface area (Å²) in [6, 6.07) is 3.26. The summed E-state index contributed by atoms with van der Waals surface area (Å²) >= 11 is 0. The molecule has 0 aliphatic heterocycles. The van der Waals surface area contributed by atoms with Gasteiger partial charge < -0.3 is 21.3 Å². The summed E-state index contributed by atoms with van der Waals surface area (Å²) in [5.41, 5.74) is 12.1. The average Bonchev–Trinajstić information content (AvgIpc) is 2.73. The maximum Gasteiger partial charge on any atom is 0.252 e. The van der Waals surface area contributed by atoms with Crippen molar-refractivity contribution in [1.29, 1.82) is 0 Å². The van der Waals surface area contributed by atoms with Crippen LogP contribution in [0.1, 0.15) is 21.8 Å². The van der Waals surface area contributed by atoms with Crippen LogP contribution in [0.15, 0.2) is 22.9 Å². The summed E-state index contributed by atoms with van der Waals surface area (Å²) in [4.78, 5) is 15.3. The summed E-state index contributed by atoms with van der Waals surface area (Å²) < 4.78 is 4.93. The molecule has 0 aliphatic rings. The number of aryl methyl sites for hydroxylation is 1. The van der Waals surface area contributed by atoms with Crippen LogP contribution in [0.5, 0.6) is 0 Å². The van der Waals surface area contributed by atoms with Gasteiger partial charge in [0.1, 0.15) is 17.3 Å². The van der Waals surface area contributed by atoms with Crippen molar-refractivity contribution < 1.29 is 9.32 Å². The number of amides is 1. The second-order valence-corrected chi connectivity index (χ2v) is 3.81. The van der Waals surface area contributed by atoms with Gasteiger partial charge >= 0.3 is 0 Å². The number of carbonyl (C=O) groups excluding carboxylic acids is 1. The molecule has 2 rings (SSSR count). The zero-order valence-electron chi connectivity index (χ0n) is 9.80. The first-order chi connectivity index (χ1) is 8.56. The lowest BCUT2D eigenvalue weighted by Crippen LogP contribution is -2.16. The fourth-order valence-corrected chi connectivity index (χ4v) is 1.49. The number of nitrogens with two attached hydrogens (primary N) is 2. The first-order valence-corrected chi connectivity index (χ1v) is 5.27.